The molecule has 0 fully saturated rings. The summed E-state index contributed by atoms with van der Waals surface area (Å²) in [4.78, 5) is 13.0. The number of hydrogen-bond donors (Lipinski definition) is 1. The Morgan fingerprint density at radius 3 is 2.56 bits per heavy atom. The van der Waals surface area contributed by atoms with Crippen LogP contribution in [0.15, 0.2) is 18.2 Å². The number of carboxylic acid groups (broad SMARTS) is 1. The molecule has 3 heteroatoms. The molecule has 0 amide bonds. The van der Waals surface area contributed by atoms with Gasteiger partial charge in [0, 0.05) is 14.1 Å². The Morgan fingerprint density at radius 1 is 1.38 bits per heavy atom. The van der Waals surface area contributed by atoms with Crippen molar-refractivity contribution >= 4 is 11.7 Å². The van der Waals surface area contributed by atoms with Crippen LogP contribution in [-0.4, -0.2) is 25.2 Å². The van der Waals surface area contributed by atoms with Crippen LogP contribution in [0.5, 0.6) is 0 Å². The van der Waals surface area contributed by atoms with E-state index in [1.807, 2.05) is 31.1 Å². The molecule has 3 nitrogen and oxygen atoms in total. The van der Waals surface area contributed by atoms with E-state index in [1.165, 1.54) is 0 Å². The van der Waals surface area contributed by atoms with Gasteiger partial charge in [-0.05, 0) is 24.5 Å². The number of carboxylic acids is 1. The van der Waals surface area contributed by atoms with Crippen LogP contribution in [-0.2, 0) is 6.42 Å². The lowest BCUT2D eigenvalue weighted by molar-refractivity contribution is 0.0697. The number of aryl methyl sites for hydroxylation is 1. The van der Waals surface area contributed by atoms with E-state index in [2.05, 4.69) is 6.92 Å². The van der Waals surface area contributed by atoms with Crippen molar-refractivity contribution in [2.75, 3.05) is 19.0 Å². The first kappa shape index (κ1) is 12.6. The van der Waals surface area contributed by atoms with E-state index in [-0.39, 0.29) is 0 Å². The highest BCUT2D eigenvalue weighted by Gasteiger charge is 2.14. The molecule has 0 aliphatic carbocycles. The maximum absolute atomic E-state index is 11.1. The fourth-order valence-electron chi connectivity index (χ4n) is 1.86. The van der Waals surface area contributed by atoms with Gasteiger partial charge in [-0.2, -0.15) is 0 Å². The molecular formula is C13H19NO2. The number of benzene rings is 1. The van der Waals surface area contributed by atoms with Gasteiger partial charge >= 0.3 is 5.97 Å². The van der Waals surface area contributed by atoms with Gasteiger partial charge in [0.2, 0.25) is 0 Å². The van der Waals surface area contributed by atoms with Crippen LogP contribution in [0.4, 0.5) is 5.69 Å². The highest BCUT2D eigenvalue weighted by Crippen LogP contribution is 2.25. The first-order valence-corrected chi connectivity index (χ1v) is 5.60. The lowest BCUT2D eigenvalue weighted by Crippen LogP contribution is -2.16. The zero-order valence-corrected chi connectivity index (χ0v) is 10.2. The smallest absolute Gasteiger partial charge is 0.337 e. The number of para-hydroxylation sites is 1. The number of unbranched alkanes of at least 4 members (excludes halogenated alkanes) is 1. The summed E-state index contributed by atoms with van der Waals surface area (Å²) in [6.45, 7) is 2.14. The molecule has 0 aromatic heterocycles. The third kappa shape index (κ3) is 2.75. The highest BCUT2D eigenvalue weighted by atomic mass is 16.4. The Balaban J connectivity index is 3.16. The second kappa shape index (κ2) is 5.54. The Hall–Kier alpha value is -1.51. The van der Waals surface area contributed by atoms with Gasteiger partial charge in [0.25, 0.3) is 0 Å². The maximum Gasteiger partial charge on any atom is 0.337 e. The zero-order chi connectivity index (χ0) is 12.1. The van der Waals surface area contributed by atoms with Crippen molar-refractivity contribution in [2.45, 2.75) is 26.2 Å². The molecule has 16 heavy (non-hydrogen) atoms. The van der Waals surface area contributed by atoms with Crippen molar-refractivity contribution in [1.82, 2.24) is 0 Å². The minimum Gasteiger partial charge on any atom is -0.478 e. The topological polar surface area (TPSA) is 40.5 Å². The molecular weight excluding hydrogens is 202 g/mol. The van der Waals surface area contributed by atoms with Crippen LogP contribution in [0.1, 0.15) is 35.7 Å². The normalized spacial score (nSPS) is 10.2. The van der Waals surface area contributed by atoms with E-state index in [4.69, 9.17) is 5.11 Å². The molecule has 0 bridgehead atoms. The van der Waals surface area contributed by atoms with Crippen molar-refractivity contribution in [3.05, 3.63) is 29.3 Å². The van der Waals surface area contributed by atoms with E-state index in [0.717, 1.165) is 30.5 Å². The SMILES string of the molecule is CCCCc1cccc(C(=O)O)c1N(C)C. The number of aromatic carboxylic acids is 1. The van der Waals surface area contributed by atoms with Crippen molar-refractivity contribution in [2.24, 2.45) is 0 Å². The van der Waals surface area contributed by atoms with Gasteiger partial charge in [-0.3, -0.25) is 0 Å². The summed E-state index contributed by atoms with van der Waals surface area (Å²) in [5.41, 5.74) is 2.34. The highest BCUT2D eigenvalue weighted by molar-refractivity contribution is 5.95. The van der Waals surface area contributed by atoms with Crippen molar-refractivity contribution < 1.29 is 9.90 Å². The number of rotatable bonds is 5. The van der Waals surface area contributed by atoms with E-state index < -0.39 is 5.97 Å². The van der Waals surface area contributed by atoms with Gasteiger partial charge in [-0.25, -0.2) is 4.79 Å². The average molecular weight is 221 g/mol. The quantitative estimate of drug-likeness (QED) is 0.831. The molecule has 0 radical (unpaired) electrons. The summed E-state index contributed by atoms with van der Waals surface area (Å²) >= 11 is 0. The Labute approximate surface area is 96.7 Å². The summed E-state index contributed by atoms with van der Waals surface area (Å²) in [6.07, 6.45) is 3.14. The molecule has 1 aromatic carbocycles. The summed E-state index contributed by atoms with van der Waals surface area (Å²) in [7, 11) is 3.77. The van der Waals surface area contributed by atoms with Crippen LogP contribution in [0.2, 0.25) is 0 Å². The van der Waals surface area contributed by atoms with Crippen molar-refractivity contribution in [3.8, 4) is 0 Å². The summed E-state index contributed by atoms with van der Waals surface area (Å²) in [5.74, 6) is -0.859. The molecule has 1 N–H and O–H groups in total. The Kier molecular flexibility index (Phi) is 4.35. The molecule has 0 heterocycles. The second-order valence-electron chi connectivity index (χ2n) is 4.12. The van der Waals surface area contributed by atoms with Crippen LogP contribution in [0.3, 0.4) is 0 Å². The molecule has 1 aromatic rings. The van der Waals surface area contributed by atoms with E-state index in [1.54, 1.807) is 6.07 Å². The van der Waals surface area contributed by atoms with Gasteiger partial charge in [-0.1, -0.05) is 25.5 Å². The molecule has 0 saturated heterocycles. The molecule has 0 aliphatic heterocycles. The third-order valence-corrected chi connectivity index (χ3v) is 2.60. The van der Waals surface area contributed by atoms with E-state index in [9.17, 15) is 4.79 Å². The summed E-state index contributed by atoms with van der Waals surface area (Å²) < 4.78 is 0. The molecule has 0 spiro atoms. The third-order valence-electron chi connectivity index (χ3n) is 2.60. The van der Waals surface area contributed by atoms with E-state index >= 15 is 0 Å². The zero-order valence-electron chi connectivity index (χ0n) is 10.2. The minimum atomic E-state index is -0.859. The van der Waals surface area contributed by atoms with Gasteiger partial charge in [0.05, 0.1) is 11.3 Å². The standard InChI is InChI=1S/C13H19NO2/c1-4-5-7-10-8-6-9-11(13(15)16)12(10)14(2)3/h6,8-9H,4-5,7H2,1-3H3,(H,15,16). The van der Waals surface area contributed by atoms with Gasteiger partial charge in [-0.15, -0.1) is 0 Å². The predicted octanol–water partition coefficient (Wildman–Crippen LogP) is 2.79. The Morgan fingerprint density at radius 2 is 2.06 bits per heavy atom. The average Bonchev–Trinajstić information content (AvgIpc) is 2.25. The molecule has 0 atom stereocenters. The fraction of sp³-hybridized carbons (Fsp3) is 0.462. The van der Waals surface area contributed by atoms with Gasteiger partial charge < -0.3 is 10.0 Å². The predicted molar refractivity (Wildman–Crippen MR) is 66.3 cm³/mol. The number of hydrogen-bond acceptors (Lipinski definition) is 2. The molecule has 88 valence electrons. The second-order valence-corrected chi connectivity index (χ2v) is 4.12. The van der Waals surface area contributed by atoms with Gasteiger partial charge in [0.15, 0.2) is 0 Å². The molecule has 0 aliphatic rings. The monoisotopic (exact) mass is 221 g/mol. The van der Waals surface area contributed by atoms with Crippen LogP contribution < -0.4 is 4.90 Å². The lowest BCUT2D eigenvalue weighted by atomic mass is 10.0. The maximum atomic E-state index is 11.1. The van der Waals surface area contributed by atoms with E-state index in [0.29, 0.717) is 5.56 Å². The first-order valence-electron chi connectivity index (χ1n) is 5.60. The van der Waals surface area contributed by atoms with Crippen molar-refractivity contribution in [1.29, 1.82) is 0 Å². The number of carbonyl (C=O) groups is 1. The number of anilines is 1. The van der Waals surface area contributed by atoms with Gasteiger partial charge in [0.1, 0.15) is 0 Å². The lowest BCUT2D eigenvalue weighted by Gasteiger charge is -2.19. The molecule has 0 saturated carbocycles. The Bertz CT molecular complexity index is 372. The molecule has 0 unspecified atom stereocenters. The number of nitrogens with zero attached hydrogens (tertiary/aromatic N) is 1. The van der Waals surface area contributed by atoms with Crippen LogP contribution in [0, 0.1) is 0 Å². The largest absolute Gasteiger partial charge is 0.478 e. The fourth-order valence-corrected chi connectivity index (χ4v) is 1.86. The first-order chi connectivity index (χ1) is 7.57. The minimum absolute atomic E-state index is 0.388. The molecule has 1 rings (SSSR count). The van der Waals surface area contributed by atoms with Crippen molar-refractivity contribution in [3.63, 3.8) is 0 Å². The summed E-state index contributed by atoms with van der Waals surface area (Å²) in [5, 5.41) is 9.14. The summed E-state index contributed by atoms with van der Waals surface area (Å²) in [6, 6.07) is 5.49. The van der Waals surface area contributed by atoms with Crippen LogP contribution >= 0.6 is 0 Å². The van der Waals surface area contributed by atoms with Crippen LogP contribution in [0.25, 0.3) is 0 Å².